The van der Waals surface area contributed by atoms with E-state index in [0.29, 0.717) is 36.9 Å². The second-order valence-electron chi connectivity index (χ2n) is 7.71. The van der Waals surface area contributed by atoms with E-state index >= 15 is 0 Å². The number of methoxy groups -OCH3 is 1. The lowest BCUT2D eigenvalue weighted by Crippen LogP contribution is -2.38. The van der Waals surface area contributed by atoms with Gasteiger partial charge in [-0.05, 0) is 37.0 Å². The summed E-state index contributed by atoms with van der Waals surface area (Å²) in [7, 11) is 1.64. The number of amides is 2. The maximum atomic E-state index is 13.2. The first-order chi connectivity index (χ1) is 14.6. The minimum absolute atomic E-state index is 0.0120. The van der Waals surface area contributed by atoms with Crippen molar-refractivity contribution in [1.82, 2.24) is 9.88 Å². The van der Waals surface area contributed by atoms with Crippen LogP contribution in [-0.2, 0) is 27.3 Å². The minimum Gasteiger partial charge on any atom is -0.497 e. The Balaban J connectivity index is 1.45. The van der Waals surface area contributed by atoms with Crippen LogP contribution in [-0.4, -0.2) is 54.6 Å². The highest BCUT2D eigenvalue weighted by molar-refractivity contribution is 7.14. The predicted molar refractivity (Wildman–Crippen MR) is 115 cm³/mol. The Bertz CT molecular complexity index is 894. The van der Waals surface area contributed by atoms with Gasteiger partial charge in [0.2, 0.25) is 11.8 Å². The summed E-state index contributed by atoms with van der Waals surface area (Å²) in [6, 6.07) is 7.78. The third-order valence-corrected chi connectivity index (χ3v) is 6.40. The monoisotopic (exact) mass is 429 g/mol. The summed E-state index contributed by atoms with van der Waals surface area (Å²) < 4.78 is 11.1. The SMILES string of the molecule is COc1cccc(CN(CC2CCCO2)C(=O)Cc2csc(N3CCCC3=O)n2)c1. The van der Waals surface area contributed by atoms with Gasteiger partial charge >= 0.3 is 0 Å². The van der Waals surface area contributed by atoms with Gasteiger partial charge in [-0.3, -0.25) is 14.5 Å². The zero-order valence-corrected chi connectivity index (χ0v) is 18.0. The lowest BCUT2D eigenvalue weighted by molar-refractivity contribution is -0.132. The molecule has 0 bridgehead atoms. The summed E-state index contributed by atoms with van der Waals surface area (Å²) in [5.41, 5.74) is 1.73. The zero-order chi connectivity index (χ0) is 20.9. The summed E-state index contributed by atoms with van der Waals surface area (Å²) in [5, 5.41) is 2.58. The topological polar surface area (TPSA) is 72.0 Å². The number of nitrogens with zero attached hydrogens (tertiary/aromatic N) is 3. The fraction of sp³-hybridized carbons (Fsp3) is 0.500. The van der Waals surface area contributed by atoms with E-state index in [2.05, 4.69) is 4.98 Å². The quantitative estimate of drug-likeness (QED) is 0.645. The smallest absolute Gasteiger partial charge is 0.229 e. The number of carbonyl (C=O) groups excluding carboxylic acids is 2. The molecule has 2 saturated heterocycles. The van der Waals surface area contributed by atoms with Gasteiger partial charge in [-0.15, -0.1) is 11.3 Å². The molecule has 3 heterocycles. The van der Waals surface area contributed by atoms with E-state index in [1.807, 2.05) is 34.5 Å². The molecule has 2 fully saturated rings. The molecule has 1 aromatic carbocycles. The molecule has 0 N–H and O–H groups in total. The van der Waals surface area contributed by atoms with Crippen molar-refractivity contribution in [2.45, 2.75) is 44.8 Å². The number of anilines is 1. The molecule has 8 heteroatoms. The highest BCUT2D eigenvalue weighted by Crippen LogP contribution is 2.26. The van der Waals surface area contributed by atoms with Gasteiger partial charge in [0.25, 0.3) is 0 Å². The molecular weight excluding hydrogens is 402 g/mol. The van der Waals surface area contributed by atoms with Gasteiger partial charge in [-0.2, -0.15) is 0 Å². The standard InChI is InChI=1S/C22H27N3O4S/c1-28-18-6-2-5-16(11-18)13-24(14-19-7-4-10-29-19)21(27)12-17-15-30-22(23-17)25-9-3-8-20(25)26/h2,5-6,11,15,19H,3-4,7-10,12-14H2,1H3. The molecule has 2 aromatic rings. The van der Waals surface area contributed by atoms with E-state index < -0.39 is 0 Å². The first kappa shape index (κ1) is 20.8. The van der Waals surface area contributed by atoms with Crippen molar-refractivity contribution in [2.24, 2.45) is 0 Å². The number of hydrogen-bond donors (Lipinski definition) is 0. The van der Waals surface area contributed by atoms with Crippen molar-refractivity contribution in [1.29, 1.82) is 0 Å². The molecule has 4 rings (SSSR count). The van der Waals surface area contributed by atoms with E-state index in [9.17, 15) is 9.59 Å². The molecule has 1 atom stereocenters. The van der Waals surface area contributed by atoms with E-state index in [1.165, 1.54) is 11.3 Å². The number of carbonyl (C=O) groups is 2. The van der Waals surface area contributed by atoms with Crippen molar-refractivity contribution in [3.63, 3.8) is 0 Å². The fourth-order valence-electron chi connectivity index (χ4n) is 3.90. The second-order valence-corrected chi connectivity index (χ2v) is 8.54. The molecule has 160 valence electrons. The van der Waals surface area contributed by atoms with Crippen molar-refractivity contribution in [3.8, 4) is 5.75 Å². The molecule has 7 nitrogen and oxygen atoms in total. The number of benzene rings is 1. The number of rotatable bonds is 8. The molecule has 0 radical (unpaired) electrons. The van der Waals surface area contributed by atoms with Crippen LogP contribution in [0, 0.1) is 0 Å². The molecule has 0 saturated carbocycles. The number of aromatic nitrogens is 1. The van der Waals surface area contributed by atoms with E-state index in [0.717, 1.165) is 37.2 Å². The number of ether oxygens (including phenoxy) is 2. The molecule has 2 aliphatic heterocycles. The Hall–Kier alpha value is -2.45. The van der Waals surface area contributed by atoms with E-state index in [4.69, 9.17) is 9.47 Å². The molecule has 1 unspecified atom stereocenters. The summed E-state index contributed by atoms with van der Waals surface area (Å²) >= 11 is 1.43. The van der Waals surface area contributed by atoms with E-state index in [-0.39, 0.29) is 24.3 Å². The first-order valence-electron chi connectivity index (χ1n) is 10.4. The van der Waals surface area contributed by atoms with Crippen molar-refractivity contribution >= 4 is 28.3 Å². The van der Waals surface area contributed by atoms with Crippen LogP contribution in [0.5, 0.6) is 5.75 Å². The zero-order valence-electron chi connectivity index (χ0n) is 17.2. The Morgan fingerprint density at radius 1 is 1.40 bits per heavy atom. The first-order valence-corrected chi connectivity index (χ1v) is 11.3. The van der Waals surface area contributed by atoms with Crippen LogP contribution < -0.4 is 9.64 Å². The molecule has 0 spiro atoms. The van der Waals surface area contributed by atoms with Crippen LogP contribution in [0.4, 0.5) is 5.13 Å². The molecule has 0 aliphatic carbocycles. The fourth-order valence-corrected chi connectivity index (χ4v) is 4.77. The average molecular weight is 430 g/mol. The van der Waals surface area contributed by atoms with Gasteiger partial charge in [0.15, 0.2) is 5.13 Å². The van der Waals surface area contributed by atoms with Gasteiger partial charge in [-0.25, -0.2) is 4.98 Å². The lowest BCUT2D eigenvalue weighted by atomic mass is 10.1. The molecular formula is C22H27N3O4S. The van der Waals surface area contributed by atoms with Gasteiger partial charge in [0.05, 0.1) is 25.3 Å². The Kier molecular flexibility index (Phi) is 6.64. The third-order valence-electron chi connectivity index (χ3n) is 5.48. The number of thiazole rings is 1. The molecule has 1 aromatic heterocycles. The summed E-state index contributed by atoms with van der Waals surface area (Å²) in [6.45, 7) is 2.53. The Morgan fingerprint density at radius 2 is 2.30 bits per heavy atom. The lowest BCUT2D eigenvalue weighted by Gasteiger charge is -2.25. The van der Waals surface area contributed by atoms with Gasteiger partial charge < -0.3 is 14.4 Å². The Morgan fingerprint density at radius 3 is 3.03 bits per heavy atom. The van der Waals surface area contributed by atoms with Crippen molar-refractivity contribution in [2.75, 3.05) is 31.7 Å². The minimum atomic E-state index is 0.0120. The third kappa shape index (κ3) is 4.99. The highest BCUT2D eigenvalue weighted by Gasteiger charge is 2.26. The largest absolute Gasteiger partial charge is 0.497 e. The van der Waals surface area contributed by atoms with Gasteiger partial charge in [0, 0.05) is 38.0 Å². The van der Waals surface area contributed by atoms with Crippen LogP contribution in [0.15, 0.2) is 29.6 Å². The number of hydrogen-bond acceptors (Lipinski definition) is 6. The normalized spacial score (nSPS) is 18.8. The predicted octanol–water partition coefficient (Wildman–Crippen LogP) is 3.03. The summed E-state index contributed by atoms with van der Waals surface area (Å²) in [6.07, 6.45) is 3.74. The van der Waals surface area contributed by atoms with Gasteiger partial charge in [0.1, 0.15) is 5.75 Å². The van der Waals surface area contributed by atoms with Gasteiger partial charge in [-0.1, -0.05) is 12.1 Å². The molecule has 2 amide bonds. The van der Waals surface area contributed by atoms with Crippen LogP contribution in [0.2, 0.25) is 0 Å². The van der Waals surface area contributed by atoms with Crippen LogP contribution in [0.3, 0.4) is 0 Å². The van der Waals surface area contributed by atoms with Crippen LogP contribution >= 0.6 is 11.3 Å². The molecule has 30 heavy (non-hydrogen) atoms. The average Bonchev–Trinajstić information content (AvgIpc) is 3.50. The van der Waals surface area contributed by atoms with Crippen molar-refractivity contribution < 1.29 is 19.1 Å². The summed E-state index contributed by atoms with van der Waals surface area (Å²) in [5.74, 6) is 0.898. The molecule has 2 aliphatic rings. The van der Waals surface area contributed by atoms with E-state index in [1.54, 1.807) is 12.0 Å². The second kappa shape index (κ2) is 9.57. The summed E-state index contributed by atoms with van der Waals surface area (Å²) in [4.78, 5) is 33.3. The van der Waals surface area contributed by atoms with Crippen LogP contribution in [0.25, 0.3) is 0 Å². The maximum Gasteiger partial charge on any atom is 0.229 e. The highest BCUT2D eigenvalue weighted by atomic mass is 32.1. The van der Waals surface area contributed by atoms with Crippen molar-refractivity contribution in [3.05, 3.63) is 40.9 Å². The Labute approximate surface area is 180 Å². The van der Waals surface area contributed by atoms with Crippen LogP contribution in [0.1, 0.15) is 36.9 Å². The maximum absolute atomic E-state index is 13.2.